The van der Waals surface area contributed by atoms with Crippen molar-refractivity contribution in [2.24, 2.45) is 4.99 Å². The van der Waals surface area contributed by atoms with Gasteiger partial charge in [-0.05, 0) is 23.4 Å². The molecule has 4 nitrogen and oxygen atoms in total. The highest BCUT2D eigenvalue weighted by Gasteiger charge is 2.26. The average Bonchev–Trinajstić information content (AvgIpc) is 2.73. The van der Waals surface area contributed by atoms with Crippen LogP contribution in [0.3, 0.4) is 0 Å². The summed E-state index contributed by atoms with van der Waals surface area (Å²) in [5, 5.41) is 0. The normalized spacial score (nSPS) is 18.7. The Morgan fingerprint density at radius 1 is 1.35 bits per heavy atom. The van der Waals surface area contributed by atoms with Gasteiger partial charge < -0.3 is 9.64 Å². The molecule has 0 fully saturated rings. The van der Waals surface area contributed by atoms with E-state index < -0.39 is 6.04 Å². The van der Waals surface area contributed by atoms with Crippen LogP contribution in [0.25, 0.3) is 6.08 Å². The van der Waals surface area contributed by atoms with Crippen LogP contribution >= 0.6 is 0 Å². The molecule has 2 rings (SSSR count). The van der Waals surface area contributed by atoms with Gasteiger partial charge in [0.05, 0.1) is 0 Å². The molecule has 88 valence electrons. The largest absolute Gasteiger partial charge is 0.413 e. The van der Waals surface area contributed by atoms with Crippen molar-refractivity contribution in [1.29, 1.82) is 0 Å². The molecule has 0 spiro atoms. The minimum atomic E-state index is -0.530. The molecule has 1 aromatic rings. The first-order chi connectivity index (χ1) is 8.18. The minimum absolute atomic E-state index is 0.323. The molecular weight excluding hydrogens is 216 g/mol. The van der Waals surface area contributed by atoms with E-state index in [9.17, 15) is 4.79 Å². The molecule has 0 N–H and O–H groups in total. The number of hydrogen-bond acceptors (Lipinski definition) is 4. The predicted molar refractivity (Wildman–Crippen MR) is 66.5 cm³/mol. The molecule has 1 aromatic carbocycles. The first-order valence-corrected chi connectivity index (χ1v) is 5.34. The smallest absolute Gasteiger partial charge is 0.341 e. The van der Waals surface area contributed by atoms with Crippen LogP contribution < -0.4 is 0 Å². The lowest BCUT2D eigenvalue weighted by molar-refractivity contribution is -0.134. The second-order valence-corrected chi connectivity index (χ2v) is 4.00. The summed E-state index contributed by atoms with van der Waals surface area (Å²) in [5.74, 6) is -0.323. The number of ether oxygens (including phenoxy) is 1. The van der Waals surface area contributed by atoms with Crippen molar-refractivity contribution in [3.05, 3.63) is 41.6 Å². The van der Waals surface area contributed by atoms with E-state index in [-0.39, 0.29) is 5.97 Å². The minimum Gasteiger partial charge on any atom is -0.413 e. The van der Waals surface area contributed by atoms with E-state index >= 15 is 0 Å². The lowest BCUT2D eigenvalue weighted by Gasteiger charge is -2.09. The fraction of sp³-hybridized carbons (Fsp3) is 0.231. The van der Waals surface area contributed by atoms with Crippen molar-refractivity contribution in [3.63, 3.8) is 0 Å². The zero-order chi connectivity index (χ0) is 12.3. The molecule has 0 saturated carbocycles. The fourth-order valence-electron chi connectivity index (χ4n) is 1.62. The number of aliphatic imine (C=N–C) groups is 1. The topological polar surface area (TPSA) is 41.9 Å². The monoisotopic (exact) mass is 230 g/mol. The van der Waals surface area contributed by atoms with Gasteiger partial charge in [0.15, 0.2) is 12.4 Å². The Kier molecular flexibility index (Phi) is 3.23. The third kappa shape index (κ3) is 2.53. The quantitative estimate of drug-likeness (QED) is 0.744. The number of carbonyl (C=O) groups excluding carboxylic acids is 1. The van der Waals surface area contributed by atoms with Crippen molar-refractivity contribution in [2.45, 2.75) is 6.04 Å². The zero-order valence-electron chi connectivity index (χ0n) is 9.83. The summed E-state index contributed by atoms with van der Waals surface area (Å²) in [6.45, 7) is 0. The van der Waals surface area contributed by atoms with Gasteiger partial charge in [0.25, 0.3) is 0 Å². The molecule has 0 bridgehead atoms. The lowest BCUT2D eigenvalue weighted by Crippen LogP contribution is -2.08. The Bertz CT molecular complexity index is 478. The van der Waals surface area contributed by atoms with Crippen LogP contribution in [-0.4, -0.2) is 31.4 Å². The van der Waals surface area contributed by atoms with E-state index in [1.165, 1.54) is 6.40 Å². The molecule has 0 aromatic heterocycles. The second kappa shape index (κ2) is 4.82. The Labute approximate surface area is 100 Å². The number of cyclic esters (lactones) is 1. The summed E-state index contributed by atoms with van der Waals surface area (Å²) in [7, 11) is 3.89. The van der Waals surface area contributed by atoms with E-state index in [0.29, 0.717) is 0 Å². The maximum Gasteiger partial charge on any atom is 0.341 e. The van der Waals surface area contributed by atoms with E-state index in [4.69, 9.17) is 4.74 Å². The summed E-state index contributed by atoms with van der Waals surface area (Å²) < 4.78 is 4.74. The second-order valence-electron chi connectivity index (χ2n) is 4.00. The molecule has 1 aliphatic heterocycles. The highest BCUT2D eigenvalue weighted by Crippen LogP contribution is 2.26. The number of esters is 1. The van der Waals surface area contributed by atoms with E-state index in [1.54, 1.807) is 0 Å². The van der Waals surface area contributed by atoms with Crippen LogP contribution in [-0.2, 0) is 9.53 Å². The Morgan fingerprint density at radius 3 is 2.76 bits per heavy atom. The van der Waals surface area contributed by atoms with Gasteiger partial charge in [-0.25, -0.2) is 9.79 Å². The van der Waals surface area contributed by atoms with Gasteiger partial charge >= 0.3 is 5.97 Å². The molecule has 4 heteroatoms. The zero-order valence-corrected chi connectivity index (χ0v) is 9.83. The summed E-state index contributed by atoms with van der Waals surface area (Å²) in [6, 6.07) is 7.14. The Balaban J connectivity index is 2.33. The first-order valence-electron chi connectivity index (χ1n) is 5.34. The van der Waals surface area contributed by atoms with Gasteiger partial charge in [-0.15, -0.1) is 0 Å². The Hall–Kier alpha value is -2.10. The number of benzene rings is 1. The fourth-order valence-corrected chi connectivity index (χ4v) is 1.62. The number of rotatable bonds is 3. The number of carbonyl (C=O) groups is 1. The first kappa shape index (κ1) is 11.4. The summed E-state index contributed by atoms with van der Waals surface area (Å²) in [6.07, 6.45) is 5.10. The van der Waals surface area contributed by atoms with Crippen molar-refractivity contribution < 1.29 is 9.53 Å². The molecule has 17 heavy (non-hydrogen) atoms. The van der Waals surface area contributed by atoms with Gasteiger partial charge in [-0.3, -0.25) is 0 Å². The maximum absolute atomic E-state index is 11.5. The van der Waals surface area contributed by atoms with Crippen LogP contribution in [0, 0.1) is 0 Å². The molecule has 1 unspecified atom stereocenters. The SMILES string of the molecule is CN(C)/C=C\c1ccccc1C1N=COC1=O. The third-order valence-electron chi connectivity index (χ3n) is 2.44. The highest BCUT2D eigenvalue weighted by atomic mass is 16.5. The highest BCUT2D eigenvalue weighted by molar-refractivity contribution is 5.89. The molecule has 0 saturated heterocycles. The summed E-state index contributed by atoms with van der Waals surface area (Å²) >= 11 is 0. The lowest BCUT2D eigenvalue weighted by atomic mass is 10.0. The van der Waals surface area contributed by atoms with E-state index in [2.05, 4.69) is 4.99 Å². The number of nitrogens with zero attached hydrogens (tertiary/aromatic N) is 2. The van der Waals surface area contributed by atoms with Gasteiger partial charge in [0.2, 0.25) is 0 Å². The molecule has 1 aliphatic rings. The summed E-state index contributed by atoms with van der Waals surface area (Å²) in [5.41, 5.74) is 1.84. The van der Waals surface area contributed by atoms with Crippen molar-refractivity contribution in [1.82, 2.24) is 4.90 Å². The molecule has 1 heterocycles. The molecular formula is C13H14N2O2. The van der Waals surface area contributed by atoms with Gasteiger partial charge in [0.1, 0.15) is 0 Å². The van der Waals surface area contributed by atoms with Crippen LogP contribution in [0.1, 0.15) is 17.2 Å². The average molecular weight is 230 g/mol. The van der Waals surface area contributed by atoms with Crippen LogP contribution in [0.4, 0.5) is 0 Å². The standard InChI is InChI=1S/C13H14N2O2/c1-15(2)8-7-10-5-3-4-6-11(10)12-13(16)17-9-14-12/h3-9,12H,1-2H3/b8-7-. The third-order valence-corrected chi connectivity index (χ3v) is 2.44. The van der Waals surface area contributed by atoms with Gasteiger partial charge in [-0.1, -0.05) is 24.3 Å². The van der Waals surface area contributed by atoms with Crippen LogP contribution in [0.15, 0.2) is 35.5 Å². The van der Waals surface area contributed by atoms with Crippen molar-refractivity contribution in [3.8, 4) is 0 Å². The van der Waals surface area contributed by atoms with Crippen LogP contribution in [0.2, 0.25) is 0 Å². The maximum atomic E-state index is 11.5. The molecule has 1 atom stereocenters. The van der Waals surface area contributed by atoms with Crippen LogP contribution in [0.5, 0.6) is 0 Å². The van der Waals surface area contributed by atoms with Crippen molar-refractivity contribution >= 4 is 18.4 Å². The molecule has 0 radical (unpaired) electrons. The molecule has 0 aliphatic carbocycles. The predicted octanol–water partition coefficient (Wildman–Crippen LogP) is 1.85. The Morgan fingerprint density at radius 2 is 2.12 bits per heavy atom. The van der Waals surface area contributed by atoms with Gasteiger partial charge in [0, 0.05) is 14.1 Å². The molecule has 0 amide bonds. The van der Waals surface area contributed by atoms with Gasteiger partial charge in [-0.2, -0.15) is 0 Å². The number of hydrogen-bond donors (Lipinski definition) is 0. The summed E-state index contributed by atoms with van der Waals surface area (Å²) in [4.78, 5) is 17.5. The van der Waals surface area contributed by atoms with E-state index in [1.807, 2.05) is 55.5 Å². The van der Waals surface area contributed by atoms with Crippen molar-refractivity contribution in [2.75, 3.05) is 14.1 Å². The van der Waals surface area contributed by atoms with E-state index in [0.717, 1.165) is 11.1 Å².